The standard InChI is InChI=1S/C15H20FNO2/c1-11(10-12-2-4-14(16)5-3-12)17-8-6-13(7-9-17)15(18)19/h2-5,11,13H,6-10H2,1H3,(H,18,19). The lowest BCUT2D eigenvalue weighted by molar-refractivity contribution is -0.143. The van der Waals surface area contributed by atoms with E-state index in [9.17, 15) is 9.18 Å². The first kappa shape index (κ1) is 14.0. The van der Waals surface area contributed by atoms with Gasteiger partial charge in [0.1, 0.15) is 5.82 Å². The third kappa shape index (κ3) is 3.77. The lowest BCUT2D eigenvalue weighted by atomic mass is 9.95. The summed E-state index contributed by atoms with van der Waals surface area (Å²) >= 11 is 0. The molecule has 2 rings (SSSR count). The Kier molecular flexibility index (Phi) is 4.53. The highest BCUT2D eigenvalue weighted by Gasteiger charge is 2.26. The van der Waals surface area contributed by atoms with Gasteiger partial charge in [0.15, 0.2) is 0 Å². The molecule has 1 fully saturated rings. The fraction of sp³-hybridized carbons (Fsp3) is 0.533. The minimum Gasteiger partial charge on any atom is -0.481 e. The minimum absolute atomic E-state index is 0.186. The summed E-state index contributed by atoms with van der Waals surface area (Å²) in [5.41, 5.74) is 1.12. The molecular weight excluding hydrogens is 245 g/mol. The van der Waals surface area contributed by atoms with E-state index in [0.29, 0.717) is 6.04 Å². The molecule has 0 bridgehead atoms. The molecule has 3 nitrogen and oxygen atoms in total. The molecule has 1 aliphatic rings. The Morgan fingerprint density at radius 1 is 1.37 bits per heavy atom. The van der Waals surface area contributed by atoms with E-state index in [0.717, 1.165) is 37.9 Å². The van der Waals surface area contributed by atoms with E-state index >= 15 is 0 Å². The lowest BCUT2D eigenvalue weighted by Crippen LogP contribution is -2.42. The number of hydrogen-bond acceptors (Lipinski definition) is 2. The fourth-order valence-corrected chi connectivity index (χ4v) is 2.68. The minimum atomic E-state index is -0.675. The van der Waals surface area contributed by atoms with Gasteiger partial charge in [0.25, 0.3) is 0 Å². The van der Waals surface area contributed by atoms with Gasteiger partial charge in [-0.1, -0.05) is 12.1 Å². The van der Waals surface area contributed by atoms with E-state index < -0.39 is 5.97 Å². The molecule has 0 aromatic heterocycles. The first-order chi connectivity index (χ1) is 9.06. The molecule has 1 saturated heterocycles. The van der Waals surface area contributed by atoms with Crippen LogP contribution in [0.15, 0.2) is 24.3 Å². The zero-order valence-electron chi connectivity index (χ0n) is 11.2. The number of carboxylic acids is 1. The van der Waals surface area contributed by atoms with E-state index in [4.69, 9.17) is 5.11 Å². The van der Waals surface area contributed by atoms with E-state index in [2.05, 4.69) is 11.8 Å². The Morgan fingerprint density at radius 2 is 1.95 bits per heavy atom. The van der Waals surface area contributed by atoms with Gasteiger partial charge in [-0.25, -0.2) is 4.39 Å². The molecule has 1 atom stereocenters. The van der Waals surface area contributed by atoms with Crippen molar-refractivity contribution in [3.63, 3.8) is 0 Å². The molecule has 0 saturated carbocycles. The number of hydrogen-bond donors (Lipinski definition) is 1. The van der Waals surface area contributed by atoms with Crippen LogP contribution in [-0.4, -0.2) is 35.1 Å². The monoisotopic (exact) mass is 265 g/mol. The van der Waals surface area contributed by atoms with Crippen LogP contribution < -0.4 is 0 Å². The van der Waals surface area contributed by atoms with Crippen LogP contribution in [0.1, 0.15) is 25.3 Å². The second-order valence-corrected chi connectivity index (χ2v) is 5.33. The second-order valence-electron chi connectivity index (χ2n) is 5.33. The Morgan fingerprint density at radius 3 is 2.47 bits per heavy atom. The highest BCUT2D eigenvalue weighted by Crippen LogP contribution is 2.20. The number of carbonyl (C=O) groups is 1. The number of halogens is 1. The van der Waals surface area contributed by atoms with Crippen LogP contribution in [0.3, 0.4) is 0 Å². The van der Waals surface area contributed by atoms with Gasteiger partial charge in [-0.05, 0) is 57.0 Å². The van der Waals surface area contributed by atoms with Crippen LogP contribution in [0.2, 0.25) is 0 Å². The summed E-state index contributed by atoms with van der Waals surface area (Å²) in [6, 6.07) is 6.96. The van der Waals surface area contributed by atoms with Crippen LogP contribution in [-0.2, 0) is 11.2 Å². The summed E-state index contributed by atoms with van der Waals surface area (Å²) in [4.78, 5) is 13.2. The molecule has 4 heteroatoms. The van der Waals surface area contributed by atoms with E-state index in [1.807, 2.05) is 12.1 Å². The average Bonchev–Trinajstić information content (AvgIpc) is 2.41. The maximum atomic E-state index is 12.8. The molecule has 1 aromatic rings. The number of piperidine rings is 1. The SMILES string of the molecule is CC(Cc1ccc(F)cc1)N1CCC(C(=O)O)CC1. The van der Waals surface area contributed by atoms with E-state index in [1.165, 1.54) is 12.1 Å². The Balaban J connectivity index is 1.86. The quantitative estimate of drug-likeness (QED) is 0.909. The molecule has 19 heavy (non-hydrogen) atoms. The molecule has 0 radical (unpaired) electrons. The van der Waals surface area contributed by atoms with Crippen molar-refractivity contribution in [3.05, 3.63) is 35.6 Å². The van der Waals surface area contributed by atoms with E-state index in [-0.39, 0.29) is 11.7 Å². The molecular formula is C15H20FNO2. The van der Waals surface area contributed by atoms with Crippen LogP contribution in [0.5, 0.6) is 0 Å². The molecule has 0 amide bonds. The highest BCUT2D eigenvalue weighted by molar-refractivity contribution is 5.70. The summed E-state index contributed by atoms with van der Waals surface area (Å²) in [5, 5.41) is 8.97. The van der Waals surface area contributed by atoms with Crippen LogP contribution in [0.4, 0.5) is 4.39 Å². The number of likely N-dealkylation sites (tertiary alicyclic amines) is 1. The van der Waals surface area contributed by atoms with Gasteiger partial charge in [-0.2, -0.15) is 0 Å². The third-order valence-corrected chi connectivity index (χ3v) is 3.95. The first-order valence-corrected chi connectivity index (χ1v) is 6.77. The molecule has 0 spiro atoms. The third-order valence-electron chi connectivity index (χ3n) is 3.95. The number of rotatable bonds is 4. The summed E-state index contributed by atoms with van der Waals surface area (Å²) in [5.74, 6) is -1.07. The summed E-state index contributed by atoms with van der Waals surface area (Å²) in [6.45, 7) is 3.81. The van der Waals surface area contributed by atoms with Crippen molar-refractivity contribution in [1.82, 2.24) is 4.90 Å². The molecule has 1 aromatic carbocycles. The van der Waals surface area contributed by atoms with Crippen molar-refractivity contribution in [3.8, 4) is 0 Å². The predicted molar refractivity (Wildman–Crippen MR) is 71.5 cm³/mol. The normalized spacial score (nSPS) is 19.3. The van der Waals surface area contributed by atoms with Gasteiger partial charge in [0.05, 0.1) is 5.92 Å². The number of aliphatic carboxylic acids is 1. The van der Waals surface area contributed by atoms with Crippen molar-refractivity contribution < 1.29 is 14.3 Å². The number of carboxylic acid groups (broad SMARTS) is 1. The van der Waals surface area contributed by atoms with Gasteiger partial charge in [-0.15, -0.1) is 0 Å². The maximum absolute atomic E-state index is 12.8. The number of benzene rings is 1. The average molecular weight is 265 g/mol. The van der Waals surface area contributed by atoms with Crippen LogP contribution in [0.25, 0.3) is 0 Å². The molecule has 1 aliphatic heterocycles. The lowest BCUT2D eigenvalue weighted by Gasteiger charge is -2.34. The Hall–Kier alpha value is -1.42. The smallest absolute Gasteiger partial charge is 0.306 e. The van der Waals surface area contributed by atoms with Gasteiger partial charge < -0.3 is 10.0 Å². The summed E-state index contributed by atoms with van der Waals surface area (Å²) in [6.07, 6.45) is 2.32. The molecule has 0 aliphatic carbocycles. The Labute approximate surface area is 113 Å². The summed E-state index contributed by atoms with van der Waals surface area (Å²) < 4.78 is 12.8. The first-order valence-electron chi connectivity index (χ1n) is 6.77. The topological polar surface area (TPSA) is 40.5 Å². The molecule has 1 heterocycles. The second kappa shape index (κ2) is 6.15. The van der Waals surface area contributed by atoms with Crippen molar-refractivity contribution in [2.24, 2.45) is 5.92 Å². The fourth-order valence-electron chi connectivity index (χ4n) is 2.68. The molecule has 104 valence electrons. The van der Waals surface area contributed by atoms with E-state index in [1.54, 1.807) is 0 Å². The zero-order valence-corrected chi connectivity index (χ0v) is 11.2. The molecule has 1 unspecified atom stereocenters. The van der Waals surface area contributed by atoms with Gasteiger partial charge in [0.2, 0.25) is 0 Å². The summed E-state index contributed by atoms with van der Waals surface area (Å²) in [7, 11) is 0. The maximum Gasteiger partial charge on any atom is 0.306 e. The predicted octanol–water partition coefficient (Wildman–Crippen LogP) is 2.55. The van der Waals surface area contributed by atoms with Crippen LogP contribution in [0, 0.1) is 11.7 Å². The van der Waals surface area contributed by atoms with Crippen molar-refractivity contribution in [2.45, 2.75) is 32.2 Å². The van der Waals surface area contributed by atoms with Crippen molar-refractivity contribution in [2.75, 3.05) is 13.1 Å². The van der Waals surface area contributed by atoms with Crippen molar-refractivity contribution in [1.29, 1.82) is 0 Å². The van der Waals surface area contributed by atoms with Gasteiger partial charge in [-0.3, -0.25) is 4.79 Å². The zero-order chi connectivity index (χ0) is 13.8. The van der Waals surface area contributed by atoms with Gasteiger partial charge in [0, 0.05) is 6.04 Å². The van der Waals surface area contributed by atoms with Gasteiger partial charge >= 0.3 is 5.97 Å². The molecule has 1 N–H and O–H groups in total. The van der Waals surface area contributed by atoms with Crippen LogP contribution >= 0.6 is 0 Å². The van der Waals surface area contributed by atoms with Crippen molar-refractivity contribution >= 4 is 5.97 Å². The highest BCUT2D eigenvalue weighted by atomic mass is 19.1. The number of nitrogens with zero attached hydrogens (tertiary/aromatic N) is 1. The largest absolute Gasteiger partial charge is 0.481 e. The Bertz CT molecular complexity index is 424.